The Morgan fingerprint density at radius 3 is 2.29 bits per heavy atom. The second-order valence-electron chi connectivity index (χ2n) is 9.06. The van der Waals surface area contributed by atoms with Gasteiger partial charge in [-0.1, -0.05) is 72.8 Å². The first-order valence-electron chi connectivity index (χ1n) is 12.8. The largest absolute Gasteiger partial charge is 0.488 e. The first-order chi connectivity index (χ1) is 20.0. The number of carbonyl (C=O) groups excluding carboxylic acids is 2. The van der Waals surface area contributed by atoms with Gasteiger partial charge in [0.05, 0.1) is 30.8 Å². The predicted octanol–water partition coefficient (Wildman–Crippen LogP) is 4.57. The third-order valence-electron chi connectivity index (χ3n) is 6.32. The summed E-state index contributed by atoms with van der Waals surface area (Å²) in [5, 5.41) is 9.36. The molecule has 0 atom stereocenters. The monoisotopic (exact) mass is 546 g/mol. The molecule has 9 heteroatoms. The van der Waals surface area contributed by atoms with Crippen LogP contribution in [0, 0.1) is 0 Å². The van der Waals surface area contributed by atoms with Crippen LogP contribution in [0.1, 0.15) is 37.5 Å². The highest BCUT2D eigenvalue weighted by atomic mass is 16.5. The lowest BCUT2D eigenvalue weighted by molar-refractivity contribution is 0.0600. The molecule has 0 saturated heterocycles. The Hall–Kier alpha value is -5.57. The molecule has 5 rings (SSSR count). The van der Waals surface area contributed by atoms with Gasteiger partial charge in [-0.2, -0.15) is 10.2 Å². The maximum absolute atomic E-state index is 13.2. The molecule has 41 heavy (non-hydrogen) atoms. The van der Waals surface area contributed by atoms with E-state index in [9.17, 15) is 14.4 Å². The summed E-state index contributed by atoms with van der Waals surface area (Å²) in [5.41, 5.74) is 5.19. The number of rotatable bonds is 9. The van der Waals surface area contributed by atoms with Gasteiger partial charge in [-0.3, -0.25) is 9.59 Å². The molecule has 0 spiro atoms. The van der Waals surface area contributed by atoms with Crippen molar-refractivity contribution in [2.45, 2.75) is 13.2 Å². The van der Waals surface area contributed by atoms with Crippen molar-refractivity contribution in [3.05, 3.63) is 141 Å². The molecule has 1 heterocycles. The lowest BCUT2D eigenvalue weighted by atomic mass is 10.1. The highest BCUT2D eigenvalue weighted by Crippen LogP contribution is 2.18. The van der Waals surface area contributed by atoms with Crippen LogP contribution in [0.3, 0.4) is 0 Å². The van der Waals surface area contributed by atoms with Crippen LogP contribution in [0.15, 0.2) is 113 Å². The van der Waals surface area contributed by atoms with E-state index in [-0.39, 0.29) is 24.4 Å². The zero-order valence-corrected chi connectivity index (χ0v) is 22.2. The zero-order chi connectivity index (χ0) is 28.6. The van der Waals surface area contributed by atoms with Crippen LogP contribution in [0.4, 0.5) is 0 Å². The second-order valence-corrected chi connectivity index (χ2v) is 9.06. The van der Waals surface area contributed by atoms with E-state index in [0.717, 1.165) is 11.1 Å². The van der Waals surface area contributed by atoms with Crippen molar-refractivity contribution >= 4 is 28.9 Å². The molecule has 0 fully saturated rings. The van der Waals surface area contributed by atoms with Crippen LogP contribution < -0.4 is 15.7 Å². The molecule has 5 aromatic rings. The fourth-order valence-corrected chi connectivity index (χ4v) is 4.21. The molecule has 0 saturated carbocycles. The minimum atomic E-state index is -0.552. The summed E-state index contributed by atoms with van der Waals surface area (Å²) in [6, 6.07) is 30.5. The molecule has 1 N–H and O–H groups in total. The summed E-state index contributed by atoms with van der Waals surface area (Å²) < 4.78 is 12.0. The molecule has 0 radical (unpaired) electrons. The van der Waals surface area contributed by atoms with Gasteiger partial charge in [-0.15, -0.1) is 0 Å². The number of nitrogens with one attached hydrogen (secondary N) is 1. The summed E-state index contributed by atoms with van der Waals surface area (Å²) in [7, 11) is 1.34. The number of esters is 1. The highest BCUT2D eigenvalue weighted by molar-refractivity contribution is 6.05. The third kappa shape index (κ3) is 6.36. The van der Waals surface area contributed by atoms with Crippen LogP contribution >= 0.6 is 0 Å². The molecule has 204 valence electrons. The standard InChI is InChI=1S/C32H26N4O5/c1-40-32(39)24-17-15-23(16-18-24)21-41-28-14-8-5-11-25(28)19-33-34-30(37)29-26-12-6-7-13-27(26)31(38)36(35-29)20-22-9-3-2-4-10-22/h2-19H,20-21H2,1H3,(H,34,37). The number of benzene rings is 4. The van der Waals surface area contributed by atoms with E-state index in [2.05, 4.69) is 15.6 Å². The molecule has 9 nitrogen and oxygen atoms in total. The fourth-order valence-electron chi connectivity index (χ4n) is 4.21. The number of methoxy groups -OCH3 is 1. The average molecular weight is 547 g/mol. The average Bonchev–Trinajstić information content (AvgIpc) is 3.02. The van der Waals surface area contributed by atoms with Crippen molar-refractivity contribution in [1.82, 2.24) is 15.2 Å². The Labute approximate surface area is 235 Å². The first kappa shape index (κ1) is 27.0. The van der Waals surface area contributed by atoms with E-state index in [1.165, 1.54) is 18.0 Å². The first-order valence-corrected chi connectivity index (χ1v) is 12.8. The summed E-state index contributed by atoms with van der Waals surface area (Å²) in [6.45, 7) is 0.488. The van der Waals surface area contributed by atoms with Crippen molar-refractivity contribution in [3.63, 3.8) is 0 Å². The van der Waals surface area contributed by atoms with Crippen molar-refractivity contribution in [2.24, 2.45) is 5.10 Å². The van der Waals surface area contributed by atoms with E-state index in [1.807, 2.05) is 42.5 Å². The summed E-state index contributed by atoms with van der Waals surface area (Å²) in [6.07, 6.45) is 1.48. The molecular weight excluding hydrogens is 520 g/mol. The van der Waals surface area contributed by atoms with E-state index >= 15 is 0 Å². The van der Waals surface area contributed by atoms with Crippen LogP contribution in [-0.4, -0.2) is 35.0 Å². The van der Waals surface area contributed by atoms with Gasteiger partial charge < -0.3 is 9.47 Å². The molecule has 1 amide bonds. The Balaban J connectivity index is 1.32. The van der Waals surface area contributed by atoms with Gasteiger partial charge in [0, 0.05) is 10.9 Å². The van der Waals surface area contributed by atoms with Crippen LogP contribution in [0.25, 0.3) is 10.8 Å². The Morgan fingerprint density at radius 1 is 0.854 bits per heavy atom. The highest BCUT2D eigenvalue weighted by Gasteiger charge is 2.16. The van der Waals surface area contributed by atoms with E-state index < -0.39 is 11.9 Å². The van der Waals surface area contributed by atoms with Gasteiger partial charge in [0.25, 0.3) is 11.5 Å². The number of para-hydroxylation sites is 1. The number of hydrogen-bond donors (Lipinski definition) is 1. The topological polar surface area (TPSA) is 112 Å². The minimum absolute atomic E-state index is 0.0909. The van der Waals surface area contributed by atoms with Gasteiger partial charge in [-0.05, 0) is 41.5 Å². The Bertz CT molecular complexity index is 1780. The predicted molar refractivity (Wildman–Crippen MR) is 155 cm³/mol. The van der Waals surface area contributed by atoms with Crippen molar-refractivity contribution in [1.29, 1.82) is 0 Å². The van der Waals surface area contributed by atoms with Crippen molar-refractivity contribution in [3.8, 4) is 5.75 Å². The smallest absolute Gasteiger partial charge is 0.337 e. The van der Waals surface area contributed by atoms with Gasteiger partial charge in [0.1, 0.15) is 12.4 Å². The van der Waals surface area contributed by atoms with Crippen molar-refractivity contribution < 1.29 is 19.1 Å². The SMILES string of the molecule is COC(=O)c1ccc(COc2ccccc2C=NNC(=O)c2nn(Cc3ccccc3)c(=O)c3ccccc23)cc1. The molecule has 0 aliphatic carbocycles. The molecule has 0 bridgehead atoms. The van der Waals surface area contributed by atoms with E-state index in [1.54, 1.807) is 60.7 Å². The fraction of sp³-hybridized carbons (Fsp3) is 0.0938. The molecule has 0 unspecified atom stereocenters. The number of nitrogens with zero attached hydrogens (tertiary/aromatic N) is 3. The number of hydrazone groups is 1. The number of amides is 1. The number of hydrogen-bond acceptors (Lipinski definition) is 7. The van der Waals surface area contributed by atoms with E-state index in [4.69, 9.17) is 9.47 Å². The molecular formula is C32H26N4O5. The summed E-state index contributed by atoms with van der Waals surface area (Å²) in [4.78, 5) is 37.9. The molecule has 0 aliphatic heterocycles. The van der Waals surface area contributed by atoms with E-state index in [0.29, 0.717) is 27.6 Å². The number of aromatic nitrogens is 2. The number of fused-ring (bicyclic) bond motifs is 1. The zero-order valence-electron chi connectivity index (χ0n) is 22.2. The number of carbonyl (C=O) groups is 2. The van der Waals surface area contributed by atoms with Gasteiger partial charge in [0.15, 0.2) is 5.69 Å². The van der Waals surface area contributed by atoms with Crippen molar-refractivity contribution in [2.75, 3.05) is 7.11 Å². The maximum atomic E-state index is 13.2. The second kappa shape index (κ2) is 12.5. The number of ether oxygens (including phenoxy) is 2. The Morgan fingerprint density at radius 2 is 1.54 bits per heavy atom. The molecule has 1 aromatic heterocycles. The normalized spacial score (nSPS) is 11.0. The summed E-state index contributed by atoms with van der Waals surface area (Å²) in [5.74, 6) is -0.398. The quantitative estimate of drug-likeness (QED) is 0.165. The van der Waals surface area contributed by atoms with Crippen LogP contribution in [-0.2, 0) is 17.9 Å². The minimum Gasteiger partial charge on any atom is -0.488 e. The van der Waals surface area contributed by atoms with Gasteiger partial charge in [0.2, 0.25) is 0 Å². The van der Waals surface area contributed by atoms with Crippen LogP contribution in [0.2, 0.25) is 0 Å². The van der Waals surface area contributed by atoms with Gasteiger partial charge >= 0.3 is 5.97 Å². The lowest BCUT2D eigenvalue weighted by Gasteiger charge is -2.11. The third-order valence-corrected chi connectivity index (χ3v) is 6.32. The lowest BCUT2D eigenvalue weighted by Crippen LogP contribution is -2.29. The molecule has 4 aromatic carbocycles. The van der Waals surface area contributed by atoms with Crippen LogP contribution in [0.5, 0.6) is 5.75 Å². The summed E-state index contributed by atoms with van der Waals surface area (Å²) >= 11 is 0. The molecule has 0 aliphatic rings. The Kier molecular flexibility index (Phi) is 8.25. The van der Waals surface area contributed by atoms with Gasteiger partial charge in [-0.25, -0.2) is 14.9 Å². The maximum Gasteiger partial charge on any atom is 0.337 e.